The zero-order chi connectivity index (χ0) is 15.0. The first-order valence-electron chi connectivity index (χ1n) is 6.47. The van der Waals surface area contributed by atoms with Crippen LogP contribution in [0.1, 0.15) is 11.1 Å². The van der Waals surface area contributed by atoms with Gasteiger partial charge in [0.15, 0.2) is 5.82 Å². The number of nitrogens with two attached hydrogens (primary N) is 1. The molecule has 0 aliphatic rings. The van der Waals surface area contributed by atoms with Crippen molar-refractivity contribution in [3.05, 3.63) is 52.5 Å². The van der Waals surface area contributed by atoms with E-state index >= 15 is 0 Å². The highest BCUT2D eigenvalue weighted by Crippen LogP contribution is 2.27. The van der Waals surface area contributed by atoms with E-state index in [-0.39, 0.29) is 0 Å². The average molecular weight is 300 g/mol. The van der Waals surface area contributed by atoms with Crippen LogP contribution in [0, 0.1) is 13.8 Å². The molecule has 0 bridgehead atoms. The van der Waals surface area contributed by atoms with Gasteiger partial charge in [0.05, 0.1) is 10.7 Å². The molecule has 2 N–H and O–H groups in total. The summed E-state index contributed by atoms with van der Waals surface area (Å²) in [5.41, 5.74) is 10.3. The Balaban J connectivity index is 2.17. The summed E-state index contributed by atoms with van der Waals surface area (Å²) in [7, 11) is 0. The first-order chi connectivity index (χ1) is 10.1. The molecule has 3 aromatic rings. The molecule has 1 aromatic heterocycles. The fraction of sp³-hybridized carbons (Fsp3) is 0.133. The van der Waals surface area contributed by atoms with Crippen molar-refractivity contribution in [3.8, 4) is 17.1 Å². The van der Waals surface area contributed by atoms with E-state index in [0.717, 1.165) is 28.1 Å². The smallest absolute Gasteiger partial charge is 0.187 e. The largest absolute Gasteiger partial charge is 0.399 e. The number of benzene rings is 2. The molecule has 0 aliphatic carbocycles. The van der Waals surface area contributed by atoms with Gasteiger partial charge in [-0.15, -0.1) is 5.10 Å². The molecule has 0 fully saturated rings. The Morgan fingerprint density at radius 3 is 2.67 bits per heavy atom. The molecule has 1 heterocycles. The number of hydrogen-bond donors (Lipinski definition) is 1. The van der Waals surface area contributed by atoms with Gasteiger partial charge in [-0.25, -0.2) is 0 Å². The molecule has 0 radical (unpaired) electrons. The summed E-state index contributed by atoms with van der Waals surface area (Å²) >= 11 is 6.27. The summed E-state index contributed by atoms with van der Waals surface area (Å²) < 4.78 is 1.64. The molecule has 3 rings (SSSR count). The van der Waals surface area contributed by atoms with Gasteiger partial charge in [0.25, 0.3) is 0 Å². The van der Waals surface area contributed by atoms with Gasteiger partial charge in [-0.2, -0.15) is 4.68 Å². The lowest BCUT2D eigenvalue weighted by Gasteiger charge is -2.09. The molecule has 21 heavy (non-hydrogen) atoms. The summed E-state index contributed by atoms with van der Waals surface area (Å²) in [5.74, 6) is 0.630. The number of hydrogen-bond acceptors (Lipinski definition) is 4. The van der Waals surface area contributed by atoms with Gasteiger partial charge in [-0.3, -0.25) is 0 Å². The molecule has 0 unspecified atom stereocenters. The molecule has 0 atom stereocenters. The van der Waals surface area contributed by atoms with Gasteiger partial charge in [-0.05, 0) is 65.7 Å². The Morgan fingerprint density at radius 1 is 1.10 bits per heavy atom. The van der Waals surface area contributed by atoms with E-state index in [4.69, 9.17) is 17.3 Å². The first-order valence-corrected chi connectivity index (χ1v) is 6.85. The van der Waals surface area contributed by atoms with Gasteiger partial charge in [0.1, 0.15) is 0 Å². The SMILES string of the molecule is Cc1ccc(Cl)c(-n2nnnc2-c2ccc(N)c(C)c2)c1. The second kappa shape index (κ2) is 5.18. The van der Waals surface area contributed by atoms with Crippen LogP contribution in [0.4, 0.5) is 5.69 Å². The summed E-state index contributed by atoms with van der Waals surface area (Å²) in [5, 5.41) is 12.5. The lowest BCUT2D eigenvalue weighted by molar-refractivity contribution is 0.791. The third kappa shape index (κ3) is 2.48. The minimum absolute atomic E-state index is 0.598. The highest BCUT2D eigenvalue weighted by atomic mass is 35.5. The Hall–Kier alpha value is -2.40. The van der Waals surface area contributed by atoms with Crippen molar-refractivity contribution in [2.45, 2.75) is 13.8 Å². The number of tetrazole rings is 1. The van der Waals surface area contributed by atoms with Crippen LogP contribution in [0.25, 0.3) is 17.1 Å². The standard InChI is InChI=1S/C15H14ClN5/c1-9-3-5-12(16)14(7-9)21-15(18-19-20-21)11-4-6-13(17)10(2)8-11/h3-8H,17H2,1-2H3. The van der Waals surface area contributed by atoms with Crippen LogP contribution in [0.5, 0.6) is 0 Å². The van der Waals surface area contributed by atoms with E-state index in [2.05, 4.69) is 15.5 Å². The van der Waals surface area contributed by atoms with Crippen LogP contribution in [0.3, 0.4) is 0 Å². The monoisotopic (exact) mass is 299 g/mol. The average Bonchev–Trinajstić information content (AvgIpc) is 2.93. The van der Waals surface area contributed by atoms with Crippen molar-refractivity contribution in [2.24, 2.45) is 0 Å². The summed E-state index contributed by atoms with van der Waals surface area (Å²) in [6, 6.07) is 11.4. The summed E-state index contributed by atoms with van der Waals surface area (Å²) in [6.07, 6.45) is 0. The number of nitrogen functional groups attached to an aromatic ring is 1. The third-order valence-corrected chi connectivity index (χ3v) is 3.65. The number of anilines is 1. The molecule has 0 saturated heterocycles. The van der Waals surface area contributed by atoms with Crippen molar-refractivity contribution < 1.29 is 0 Å². The fourth-order valence-electron chi connectivity index (χ4n) is 2.13. The lowest BCUT2D eigenvalue weighted by atomic mass is 10.1. The summed E-state index contributed by atoms with van der Waals surface area (Å²) in [4.78, 5) is 0. The van der Waals surface area contributed by atoms with E-state index < -0.39 is 0 Å². The van der Waals surface area contributed by atoms with Gasteiger partial charge in [-0.1, -0.05) is 17.7 Å². The maximum absolute atomic E-state index is 6.27. The highest BCUT2D eigenvalue weighted by Gasteiger charge is 2.14. The Morgan fingerprint density at radius 2 is 1.90 bits per heavy atom. The molecule has 0 saturated carbocycles. The number of aryl methyl sites for hydroxylation is 2. The Labute approximate surface area is 127 Å². The molecular weight excluding hydrogens is 286 g/mol. The van der Waals surface area contributed by atoms with Crippen LogP contribution < -0.4 is 5.73 Å². The molecule has 0 aliphatic heterocycles. The van der Waals surface area contributed by atoms with Crippen molar-refractivity contribution in [2.75, 3.05) is 5.73 Å². The van der Waals surface area contributed by atoms with Crippen molar-refractivity contribution in [1.82, 2.24) is 20.2 Å². The van der Waals surface area contributed by atoms with E-state index in [1.165, 1.54) is 0 Å². The highest BCUT2D eigenvalue weighted by molar-refractivity contribution is 6.32. The van der Waals surface area contributed by atoms with E-state index in [9.17, 15) is 0 Å². The van der Waals surface area contributed by atoms with Crippen molar-refractivity contribution in [1.29, 1.82) is 0 Å². The minimum Gasteiger partial charge on any atom is -0.399 e. The van der Waals surface area contributed by atoms with E-state index in [0.29, 0.717) is 10.8 Å². The van der Waals surface area contributed by atoms with Gasteiger partial charge in [0, 0.05) is 11.3 Å². The van der Waals surface area contributed by atoms with Crippen LogP contribution in [0.2, 0.25) is 5.02 Å². The molecule has 2 aromatic carbocycles. The molecule has 0 amide bonds. The number of aromatic nitrogens is 4. The normalized spacial score (nSPS) is 10.8. The predicted molar refractivity (Wildman–Crippen MR) is 83.5 cm³/mol. The zero-order valence-corrected chi connectivity index (χ0v) is 12.5. The molecule has 0 spiro atoms. The number of halogens is 1. The third-order valence-electron chi connectivity index (χ3n) is 3.33. The second-order valence-electron chi connectivity index (χ2n) is 4.94. The lowest BCUT2D eigenvalue weighted by Crippen LogP contribution is -2.01. The van der Waals surface area contributed by atoms with Crippen molar-refractivity contribution in [3.63, 3.8) is 0 Å². The fourth-order valence-corrected chi connectivity index (χ4v) is 2.33. The molecular formula is C15H14ClN5. The number of nitrogens with zero attached hydrogens (tertiary/aromatic N) is 4. The van der Waals surface area contributed by atoms with Crippen molar-refractivity contribution >= 4 is 17.3 Å². The van der Waals surface area contributed by atoms with Gasteiger partial charge < -0.3 is 5.73 Å². The Kier molecular flexibility index (Phi) is 3.35. The van der Waals surface area contributed by atoms with Crippen LogP contribution in [0.15, 0.2) is 36.4 Å². The zero-order valence-electron chi connectivity index (χ0n) is 11.7. The first kappa shape index (κ1) is 13.6. The van der Waals surface area contributed by atoms with Crippen LogP contribution in [-0.2, 0) is 0 Å². The quantitative estimate of drug-likeness (QED) is 0.738. The van der Waals surface area contributed by atoms with Gasteiger partial charge >= 0.3 is 0 Å². The molecule has 6 heteroatoms. The van der Waals surface area contributed by atoms with E-state index in [1.54, 1.807) is 4.68 Å². The minimum atomic E-state index is 0.598. The topological polar surface area (TPSA) is 69.6 Å². The summed E-state index contributed by atoms with van der Waals surface area (Å²) in [6.45, 7) is 3.95. The number of rotatable bonds is 2. The molecule has 106 valence electrons. The van der Waals surface area contributed by atoms with Crippen LogP contribution >= 0.6 is 11.6 Å². The molecule has 5 nitrogen and oxygen atoms in total. The Bertz CT molecular complexity index is 810. The second-order valence-corrected chi connectivity index (χ2v) is 5.35. The predicted octanol–water partition coefficient (Wildman–Crippen LogP) is 3.18. The van der Waals surface area contributed by atoms with E-state index in [1.807, 2.05) is 50.2 Å². The maximum Gasteiger partial charge on any atom is 0.187 e. The van der Waals surface area contributed by atoms with Gasteiger partial charge in [0.2, 0.25) is 0 Å². The van der Waals surface area contributed by atoms with Crippen LogP contribution in [-0.4, -0.2) is 20.2 Å². The maximum atomic E-state index is 6.27.